The Balaban J connectivity index is 1.86. The summed E-state index contributed by atoms with van der Waals surface area (Å²) in [5.41, 5.74) is 5.83. The highest BCUT2D eigenvalue weighted by Gasteiger charge is 2.36. The average Bonchev–Trinajstić information content (AvgIpc) is 2.95. The summed E-state index contributed by atoms with van der Waals surface area (Å²) in [4.78, 5) is 16.5. The molecule has 1 amide bonds. The number of hydrogen-bond acceptors (Lipinski definition) is 4. The van der Waals surface area contributed by atoms with Gasteiger partial charge in [-0.15, -0.1) is 12.3 Å². The Morgan fingerprint density at radius 3 is 2.52 bits per heavy atom. The van der Waals surface area contributed by atoms with Crippen molar-refractivity contribution in [1.82, 2.24) is 9.80 Å². The van der Waals surface area contributed by atoms with Crippen molar-refractivity contribution in [3.8, 4) is 12.3 Å². The Morgan fingerprint density at radius 1 is 1.30 bits per heavy atom. The zero-order chi connectivity index (χ0) is 17.0. The van der Waals surface area contributed by atoms with Crippen molar-refractivity contribution in [2.75, 3.05) is 19.6 Å². The maximum absolute atomic E-state index is 12.1. The van der Waals surface area contributed by atoms with E-state index in [1.54, 1.807) is 0 Å². The molecule has 130 valence electrons. The van der Waals surface area contributed by atoms with Crippen LogP contribution in [-0.4, -0.2) is 59.3 Å². The molecular formula is C18H31N3O2. The lowest BCUT2D eigenvalue weighted by atomic mass is 9.98. The molecule has 2 unspecified atom stereocenters. The topological polar surface area (TPSA) is 58.8 Å². The van der Waals surface area contributed by atoms with Gasteiger partial charge in [0.15, 0.2) is 0 Å². The monoisotopic (exact) mass is 321 g/mol. The van der Waals surface area contributed by atoms with Gasteiger partial charge in [0.25, 0.3) is 0 Å². The van der Waals surface area contributed by atoms with Crippen LogP contribution in [0.1, 0.15) is 52.9 Å². The van der Waals surface area contributed by atoms with E-state index >= 15 is 0 Å². The molecule has 0 radical (unpaired) electrons. The largest absolute Gasteiger partial charge is 0.444 e. The third-order valence-electron chi connectivity index (χ3n) is 4.78. The lowest BCUT2D eigenvalue weighted by Crippen LogP contribution is -2.53. The van der Waals surface area contributed by atoms with Crippen LogP contribution in [0, 0.1) is 12.3 Å². The minimum atomic E-state index is -0.435. The highest BCUT2D eigenvalue weighted by Crippen LogP contribution is 2.28. The zero-order valence-corrected chi connectivity index (χ0v) is 14.8. The molecule has 2 fully saturated rings. The molecule has 23 heavy (non-hydrogen) atoms. The van der Waals surface area contributed by atoms with Crippen molar-refractivity contribution >= 4 is 6.09 Å². The first-order chi connectivity index (χ1) is 10.8. The molecular weight excluding hydrogens is 290 g/mol. The second kappa shape index (κ2) is 7.55. The van der Waals surface area contributed by atoms with Crippen LogP contribution >= 0.6 is 0 Å². The molecule has 2 atom stereocenters. The normalized spacial score (nSPS) is 25.2. The summed E-state index contributed by atoms with van der Waals surface area (Å²) in [5, 5.41) is 0. The first-order valence-electron chi connectivity index (χ1n) is 8.74. The molecule has 2 saturated heterocycles. The van der Waals surface area contributed by atoms with E-state index in [2.05, 4.69) is 10.8 Å². The summed E-state index contributed by atoms with van der Waals surface area (Å²) in [5.74, 6) is 2.69. The first-order valence-corrected chi connectivity index (χ1v) is 8.74. The SMILES string of the molecule is C#CCC(N)C1CCCN1C1CCN(C(=O)OC(C)(C)C)CC1. The molecule has 0 spiro atoms. The van der Waals surface area contributed by atoms with E-state index < -0.39 is 5.60 Å². The molecule has 0 aromatic heterocycles. The summed E-state index contributed by atoms with van der Waals surface area (Å²) >= 11 is 0. The Labute approximate surface area is 140 Å². The van der Waals surface area contributed by atoms with E-state index in [0.717, 1.165) is 38.9 Å². The molecule has 5 heteroatoms. The second-order valence-electron chi connectivity index (χ2n) is 7.72. The van der Waals surface area contributed by atoms with E-state index in [1.807, 2.05) is 25.7 Å². The first kappa shape index (κ1) is 18.1. The van der Waals surface area contributed by atoms with Crippen molar-refractivity contribution in [2.24, 2.45) is 5.73 Å². The number of nitrogens with two attached hydrogens (primary N) is 1. The van der Waals surface area contributed by atoms with Gasteiger partial charge in [-0.3, -0.25) is 4.90 Å². The van der Waals surface area contributed by atoms with Crippen LogP contribution in [0.4, 0.5) is 4.79 Å². The number of amides is 1. The van der Waals surface area contributed by atoms with E-state index in [9.17, 15) is 4.79 Å². The van der Waals surface area contributed by atoms with Crippen LogP contribution < -0.4 is 5.73 Å². The Morgan fingerprint density at radius 2 is 1.96 bits per heavy atom. The molecule has 0 aromatic carbocycles. The van der Waals surface area contributed by atoms with Crippen molar-refractivity contribution in [1.29, 1.82) is 0 Å². The van der Waals surface area contributed by atoms with Crippen LogP contribution in [0.3, 0.4) is 0 Å². The molecule has 2 N–H and O–H groups in total. The predicted octanol–water partition coefficient (Wildman–Crippen LogP) is 2.20. The number of likely N-dealkylation sites (tertiary alicyclic amines) is 2. The van der Waals surface area contributed by atoms with Gasteiger partial charge in [-0.05, 0) is 53.0 Å². The van der Waals surface area contributed by atoms with Gasteiger partial charge >= 0.3 is 6.09 Å². The van der Waals surface area contributed by atoms with Gasteiger partial charge in [0, 0.05) is 37.6 Å². The van der Waals surface area contributed by atoms with Crippen molar-refractivity contribution < 1.29 is 9.53 Å². The quantitative estimate of drug-likeness (QED) is 0.810. The van der Waals surface area contributed by atoms with Crippen molar-refractivity contribution in [3.05, 3.63) is 0 Å². The summed E-state index contributed by atoms with van der Waals surface area (Å²) in [6.45, 7) is 8.32. The molecule has 2 rings (SSSR count). The van der Waals surface area contributed by atoms with Gasteiger partial charge in [-0.2, -0.15) is 0 Å². The Bertz CT molecular complexity index is 444. The smallest absolute Gasteiger partial charge is 0.410 e. The van der Waals surface area contributed by atoms with Gasteiger partial charge < -0.3 is 15.4 Å². The van der Waals surface area contributed by atoms with Gasteiger partial charge in [-0.25, -0.2) is 4.79 Å². The fourth-order valence-electron chi connectivity index (χ4n) is 3.71. The van der Waals surface area contributed by atoms with Crippen LogP contribution in [0.5, 0.6) is 0 Å². The zero-order valence-electron chi connectivity index (χ0n) is 14.8. The van der Waals surface area contributed by atoms with E-state index in [1.165, 1.54) is 6.42 Å². The van der Waals surface area contributed by atoms with Gasteiger partial charge in [0.1, 0.15) is 5.60 Å². The number of ether oxygens (including phenoxy) is 1. The maximum Gasteiger partial charge on any atom is 0.410 e. The van der Waals surface area contributed by atoms with Gasteiger partial charge in [0.05, 0.1) is 0 Å². The van der Waals surface area contributed by atoms with Crippen LogP contribution in [0.25, 0.3) is 0 Å². The van der Waals surface area contributed by atoms with Crippen LogP contribution in [0.15, 0.2) is 0 Å². The minimum absolute atomic E-state index is 0.0615. The predicted molar refractivity (Wildman–Crippen MR) is 92.0 cm³/mol. The Hall–Kier alpha value is -1.25. The summed E-state index contributed by atoms with van der Waals surface area (Å²) < 4.78 is 5.46. The van der Waals surface area contributed by atoms with Crippen LogP contribution in [0.2, 0.25) is 0 Å². The molecule has 2 aliphatic heterocycles. The van der Waals surface area contributed by atoms with E-state index in [-0.39, 0.29) is 12.1 Å². The van der Waals surface area contributed by atoms with Gasteiger partial charge in [0.2, 0.25) is 0 Å². The minimum Gasteiger partial charge on any atom is -0.444 e. The molecule has 0 aliphatic carbocycles. The molecule has 0 aromatic rings. The fraction of sp³-hybridized carbons (Fsp3) is 0.833. The lowest BCUT2D eigenvalue weighted by Gasteiger charge is -2.40. The van der Waals surface area contributed by atoms with Crippen molar-refractivity contribution in [2.45, 2.75) is 76.6 Å². The van der Waals surface area contributed by atoms with E-state index in [4.69, 9.17) is 16.9 Å². The molecule has 0 bridgehead atoms. The van der Waals surface area contributed by atoms with Crippen LogP contribution in [-0.2, 0) is 4.74 Å². The molecule has 2 heterocycles. The number of nitrogens with zero attached hydrogens (tertiary/aromatic N) is 2. The number of hydrogen-bond donors (Lipinski definition) is 1. The standard InChI is InChI=1S/C18H31N3O2/c1-5-7-15(19)16-8-6-11-21(16)14-9-12-20(13-10-14)17(22)23-18(2,3)4/h1,14-16H,6-13,19H2,2-4H3. The average molecular weight is 321 g/mol. The molecule has 0 saturated carbocycles. The fourth-order valence-corrected chi connectivity index (χ4v) is 3.71. The highest BCUT2D eigenvalue weighted by atomic mass is 16.6. The molecule has 2 aliphatic rings. The third-order valence-corrected chi connectivity index (χ3v) is 4.78. The number of piperidine rings is 1. The van der Waals surface area contributed by atoms with Gasteiger partial charge in [-0.1, -0.05) is 0 Å². The summed E-state index contributed by atoms with van der Waals surface area (Å²) in [6.07, 6.45) is 10.1. The summed E-state index contributed by atoms with van der Waals surface area (Å²) in [7, 11) is 0. The highest BCUT2D eigenvalue weighted by molar-refractivity contribution is 5.68. The lowest BCUT2D eigenvalue weighted by molar-refractivity contribution is 0.0128. The maximum atomic E-state index is 12.1. The summed E-state index contributed by atoms with van der Waals surface area (Å²) in [6, 6.07) is 0.959. The van der Waals surface area contributed by atoms with E-state index in [0.29, 0.717) is 18.5 Å². The Kier molecular flexibility index (Phi) is 5.94. The third kappa shape index (κ3) is 4.86. The second-order valence-corrected chi connectivity index (χ2v) is 7.72. The number of rotatable bonds is 3. The number of carbonyl (C=O) groups is 1. The van der Waals surface area contributed by atoms with Crippen molar-refractivity contribution in [3.63, 3.8) is 0 Å². The molecule has 5 nitrogen and oxygen atoms in total. The number of carbonyl (C=O) groups excluding carboxylic acids is 1. The number of terminal acetylenes is 1.